The molecular weight excluding hydrogens is 78.0 g/mol. The molecule has 0 rings (SSSR count). The molecule has 0 spiro atoms. The van der Waals surface area contributed by atoms with E-state index < -0.39 is 0 Å². The monoisotopic (exact) mass is 80.0 g/mol. The minimum Gasteiger partial charge on any atom is -0.813 e. The van der Waals surface area contributed by atoms with Crippen LogP contribution in [0.15, 0.2) is 0 Å². The maximum absolute atomic E-state index is 0. The van der Waals surface area contributed by atoms with Gasteiger partial charge in [0.2, 0.25) is 0 Å². The van der Waals surface area contributed by atoms with E-state index >= 15 is 0 Å². The molecule has 0 radical (unpaired) electrons. The van der Waals surface area contributed by atoms with Gasteiger partial charge in [0, 0.05) is 0 Å². The van der Waals surface area contributed by atoms with Crippen LogP contribution in [0.3, 0.4) is 0 Å². The van der Waals surface area contributed by atoms with Crippen LogP contribution in [-0.4, -0.2) is 0 Å². The van der Waals surface area contributed by atoms with E-state index in [1.54, 1.807) is 0 Å². The molecule has 0 amide bonds. The molecule has 0 saturated carbocycles. The van der Waals surface area contributed by atoms with Gasteiger partial charge in [-0.05, 0) is 0 Å². The first-order valence-corrected chi connectivity index (χ1v) is 0. The Hall–Kier alpha value is 1.89. The predicted molar refractivity (Wildman–Crippen MR) is 17.5 cm³/mol. The molecule has 0 aliphatic heterocycles. The van der Waals surface area contributed by atoms with Crippen molar-refractivity contribution >= 4 is 27.0 Å². The van der Waals surface area contributed by atoms with Crippen molar-refractivity contribution in [2.45, 2.75) is 0 Å². The third-order valence-electron chi connectivity index (χ3n) is 0. The number of hydrogen-bond donors (Lipinski definition) is 0. The molecule has 0 unspecified atom stereocenters. The van der Waals surface area contributed by atoms with E-state index in [1.165, 1.54) is 0 Å². The molecule has 16 valence electrons. The smallest absolute Gasteiger partial charge is 0.813 e. The van der Waals surface area contributed by atoms with Gasteiger partial charge in [-0.3, -0.25) is 0 Å². The fourth-order valence-electron chi connectivity index (χ4n) is 0. The second-order valence-corrected chi connectivity index (χ2v) is 0. The Bertz CT molecular complexity index is 4.00. The van der Waals surface area contributed by atoms with Gasteiger partial charge in [0.25, 0.3) is 0 Å². The maximum atomic E-state index is 0. The summed E-state index contributed by atoms with van der Waals surface area (Å²) in [5.41, 5.74) is 0. The van der Waals surface area contributed by atoms with E-state index in [2.05, 4.69) is 0 Å². The van der Waals surface area contributed by atoms with Crippen LogP contribution < -0.4 is 37.7 Å². The van der Waals surface area contributed by atoms with Crippen molar-refractivity contribution in [2.24, 2.45) is 0 Å². The van der Waals surface area contributed by atoms with E-state index in [0.29, 0.717) is 0 Å². The van der Waals surface area contributed by atoms with Crippen molar-refractivity contribution in [2.75, 3.05) is 0 Å². The van der Waals surface area contributed by atoms with Crippen LogP contribution in [0.25, 0.3) is 0 Å². The summed E-state index contributed by atoms with van der Waals surface area (Å²) in [5, 5.41) is 0. The van der Waals surface area contributed by atoms with Gasteiger partial charge in [-0.15, -0.1) is 0 Å². The molecular formula is H2Li2S2. The molecule has 0 aliphatic rings. The first kappa shape index (κ1) is 39.3. The summed E-state index contributed by atoms with van der Waals surface area (Å²) in [6.45, 7) is 0. The van der Waals surface area contributed by atoms with E-state index in [1.807, 2.05) is 0 Å². The summed E-state index contributed by atoms with van der Waals surface area (Å²) in [6.07, 6.45) is 0. The zero-order chi connectivity index (χ0) is 0. The molecule has 0 nitrogen and oxygen atoms in total. The summed E-state index contributed by atoms with van der Waals surface area (Å²) in [5.74, 6) is 0. The van der Waals surface area contributed by atoms with Crippen LogP contribution in [0.1, 0.15) is 0 Å². The fourth-order valence-corrected chi connectivity index (χ4v) is 0. The van der Waals surface area contributed by atoms with Gasteiger partial charge >= 0.3 is 37.7 Å². The average Bonchev–Trinajstić information content (AvgIpc) is 0. The minimum absolute atomic E-state index is 0. The van der Waals surface area contributed by atoms with Crippen molar-refractivity contribution in [3.63, 3.8) is 0 Å². The molecule has 0 bridgehead atoms. The molecule has 0 heterocycles. The molecule has 0 saturated heterocycles. The van der Waals surface area contributed by atoms with Crippen LogP contribution in [0.2, 0.25) is 0 Å². The Balaban J connectivity index is 0. The van der Waals surface area contributed by atoms with Gasteiger partial charge in [-0.1, -0.05) is 0 Å². The SMILES string of the molecule is [Li+].[Li+].[SH-].[SH-]. The Morgan fingerprint density at radius 3 is 0.500 bits per heavy atom. The third kappa shape index (κ3) is 9.09. The number of thiol groups is 2. The number of rotatable bonds is 0. The summed E-state index contributed by atoms with van der Waals surface area (Å²) in [4.78, 5) is 0. The molecule has 0 aliphatic carbocycles. The summed E-state index contributed by atoms with van der Waals surface area (Å²) in [7, 11) is 0. The van der Waals surface area contributed by atoms with Gasteiger partial charge in [0.15, 0.2) is 0 Å². The molecule has 4 heteroatoms. The largest absolute Gasteiger partial charge is 1.00 e. The quantitative estimate of drug-likeness (QED) is 0.161. The van der Waals surface area contributed by atoms with Crippen molar-refractivity contribution in [3.8, 4) is 0 Å². The van der Waals surface area contributed by atoms with Crippen LogP contribution >= 0.6 is 0 Å². The maximum Gasteiger partial charge on any atom is 1.00 e. The van der Waals surface area contributed by atoms with E-state index in [0.717, 1.165) is 0 Å². The van der Waals surface area contributed by atoms with Crippen LogP contribution in [-0.2, 0) is 27.0 Å². The normalized spacial score (nSPS) is 0. The summed E-state index contributed by atoms with van der Waals surface area (Å²) < 4.78 is 0. The van der Waals surface area contributed by atoms with Crippen LogP contribution in [0, 0.1) is 0 Å². The molecule has 0 fully saturated rings. The van der Waals surface area contributed by atoms with E-state index in [4.69, 9.17) is 0 Å². The zero-order valence-electron chi connectivity index (χ0n) is 2.89. The Morgan fingerprint density at radius 1 is 0.500 bits per heavy atom. The van der Waals surface area contributed by atoms with Crippen LogP contribution in [0.4, 0.5) is 0 Å². The summed E-state index contributed by atoms with van der Waals surface area (Å²) >= 11 is 0. The third-order valence-corrected chi connectivity index (χ3v) is 0. The molecule has 0 aromatic carbocycles. The molecule has 0 aromatic rings. The van der Waals surface area contributed by atoms with Gasteiger partial charge in [0.05, 0.1) is 0 Å². The van der Waals surface area contributed by atoms with Gasteiger partial charge in [-0.2, -0.15) is 0 Å². The Labute approximate surface area is 64.3 Å². The number of hydrogen-bond acceptors (Lipinski definition) is 2. The van der Waals surface area contributed by atoms with Gasteiger partial charge in [-0.25, -0.2) is 0 Å². The minimum atomic E-state index is 0. The van der Waals surface area contributed by atoms with Crippen LogP contribution in [0.5, 0.6) is 0 Å². The molecule has 4 heavy (non-hydrogen) atoms. The van der Waals surface area contributed by atoms with Crippen molar-refractivity contribution < 1.29 is 37.7 Å². The van der Waals surface area contributed by atoms with Crippen molar-refractivity contribution in [3.05, 3.63) is 0 Å². The second kappa shape index (κ2) is 20.7. The fraction of sp³-hybridized carbons (Fsp3) is 0. The van der Waals surface area contributed by atoms with Gasteiger partial charge in [0.1, 0.15) is 0 Å². The Morgan fingerprint density at radius 2 is 0.500 bits per heavy atom. The van der Waals surface area contributed by atoms with E-state index in [9.17, 15) is 0 Å². The van der Waals surface area contributed by atoms with Crippen molar-refractivity contribution in [1.29, 1.82) is 0 Å². The Kier molecular flexibility index (Phi) is 203. The predicted octanol–water partition coefficient (Wildman–Crippen LogP) is -6.53. The summed E-state index contributed by atoms with van der Waals surface area (Å²) in [6, 6.07) is 0. The average molecular weight is 80.0 g/mol. The van der Waals surface area contributed by atoms with Gasteiger partial charge < -0.3 is 27.0 Å². The second-order valence-electron chi connectivity index (χ2n) is 0. The standard InChI is InChI=1S/2Li.2H2S/h;;2*1H2/q2*+1;;/p-2. The first-order valence-electron chi connectivity index (χ1n) is 0. The van der Waals surface area contributed by atoms with E-state index in [-0.39, 0.29) is 64.7 Å². The molecule has 0 N–H and O–H groups in total. The topological polar surface area (TPSA) is 0 Å². The zero-order valence-corrected chi connectivity index (χ0v) is 4.68. The molecule has 0 aromatic heterocycles. The molecule has 0 atom stereocenters. The first-order chi connectivity index (χ1) is 0. The van der Waals surface area contributed by atoms with Crippen molar-refractivity contribution in [1.82, 2.24) is 0 Å².